The molecule has 0 aliphatic carbocycles. The van der Waals surface area contributed by atoms with Gasteiger partial charge in [0, 0.05) is 37.8 Å². The summed E-state index contributed by atoms with van der Waals surface area (Å²) in [6.45, 7) is 5.79. The zero-order valence-electron chi connectivity index (χ0n) is 17.5. The maximum atomic E-state index is 12.7. The van der Waals surface area contributed by atoms with E-state index in [-0.39, 0.29) is 35.8 Å². The van der Waals surface area contributed by atoms with Crippen LogP contribution in [0, 0.1) is 11.8 Å². The van der Waals surface area contributed by atoms with Gasteiger partial charge in [0.1, 0.15) is 0 Å². The lowest BCUT2D eigenvalue weighted by Gasteiger charge is -2.30. The molecule has 0 spiro atoms. The topological polar surface area (TPSA) is 86.8 Å². The lowest BCUT2D eigenvalue weighted by Crippen LogP contribution is -2.38. The number of carbonyl (C=O) groups is 2. The van der Waals surface area contributed by atoms with Gasteiger partial charge in [-0.15, -0.1) is 0 Å². The molecule has 3 aliphatic heterocycles. The van der Waals surface area contributed by atoms with Crippen LogP contribution in [0.3, 0.4) is 0 Å². The average molecular weight is 434 g/mol. The van der Waals surface area contributed by atoms with Crippen molar-refractivity contribution in [3.05, 3.63) is 29.8 Å². The first-order valence-corrected chi connectivity index (χ1v) is 12.7. The molecule has 0 saturated carbocycles. The summed E-state index contributed by atoms with van der Waals surface area (Å²) in [7, 11) is -3.06. The van der Waals surface area contributed by atoms with Crippen LogP contribution in [0.4, 0.5) is 5.69 Å². The summed E-state index contributed by atoms with van der Waals surface area (Å²) in [5, 5.41) is 2.92. The average Bonchev–Trinajstić information content (AvgIpc) is 3.25. The fourth-order valence-corrected chi connectivity index (χ4v) is 6.64. The van der Waals surface area contributed by atoms with Gasteiger partial charge < -0.3 is 10.2 Å². The SMILES string of the molecule is C[C@@H]1CCCN(Cc2ccc(NC(=O)[C@@H]3CC(=O)N([C@H]4CCS(=O)(=O)C4)C3)cc2)C1. The summed E-state index contributed by atoms with van der Waals surface area (Å²) in [6, 6.07) is 7.64. The molecule has 3 heterocycles. The Morgan fingerprint density at radius 1 is 1.17 bits per heavy atom. The van der Waals surface area contributed by atoms with Crippen LogP contribution >= 0.6 is 0 Å². The van der Waals surface area contributed by atoms with Gasteiger partial charge in [-0.05, 0) is 49.4 Å². The quantitative estimate of drug-likeness (QED) is 0.766. The van der Waals surface area contributed by atoms with Crippen molar-refractivity contribution in [3.63, 3.8) is 0 Å². The van der Waals surface area contributed by atoms with Gasteiger partial charge in [0.15, 0.2) is 9.84 Å². The van der Waals surface area contributed by atoms with Gasteiger partial charge in [0.05, 0.1) is 17.4 Å². The van der Waals surface area contributed by atoms with E-state index in [0.717, 1.165) is 31.2 Å². The number of hydrogen-bond donors (Lipinski definition) is 1. The number of nitrogens with zero attached hydrogens (tertiary/aromatic N) is 2. The van der Waals surface area contributed by atoms with Crippen molar-refractivity contribution < 1.29 is 18.0 Å². The highest BCUT2D eigenvalue weighted by Crippen LogP contribution is 2.27. The molecule has 3 aliphatic rings. The molecule has 3 fully saturated rings. The van der Waals surface area contributed by atoms with E-state index in [2.05, 4.69) is 17.1 Å². The van der Waals surface area contributed by atoms with Crippen LogP contribution in [0.25, 0.3) is 0 Å². The molecule has 30 heavy (non-hydrogen) atoms. The van der Waals surface area contributed by atoms with E-state index in [1.165, 1.54) is 18.4 Å². The molecule has 7 nitrogen and oxygen atoms in total. The first kappa shape index (κ1) is 21.3. The van der Waals surface area contributed by atoms with Crippen LogP contribution in [0.1, 0.15) is 38.2 Å². The van der Waals surface area contributed by atoms with Crippen molar-refractivity contribution in [2.24, 2.45) is 11.8 Å². The van der Waals surface area contributed by atoms with Gasteiger partial charge in [-0.25, -0.2) is 8.42 Å². The van der Waals surface area contributed by atoms with Crippen molar-refractivity contribution in [1.29, 1.82) is 0 Å². The molecular weight excluding hydrogens is 402 g/mol. The van der Waals surface area contributed by atoms with E-state index in [1.807, 2.05) is 24.3 Å². The van der Waals surface area contributed by atoms with Gasteiger partial charge >= 0.3 is 0 Å². The van der Waals surface area contributed by atoms with E-state index < -0.39 is 15.8 Å². The molecular formula is C22H31N3O4S. The Balaban J connectivity index is 1.30. The molecule has 0 aromatic heterocycles. The lowest BCUT2D eigenvalue weighted by atomic mass is 10.00. The predicted molar refractivity (Wildman–Crippen MR) is 116 cm³/mol. The maximum absolute atomic E-state index is 12.7. The summed E-state index contributed by atoms with van der Waals surface area (Å²) in [5.41, 5.74) is 1.96. The third-order valence-corrected chi connectivity index (χ3v) is 8.30. The first-order valence-electron chi connectivity index (χ1n) is 10.9. The summed E-state index contributed by atoms with van der Waals surface area (Å²) >= 11 is 0. The van der Waals surface area contributed by atoms with Crippen molar-refractivity contribution in [3.8, 4) is 0 Å². The third-order valence-electron chi connectivity index (χ3n) is 6.55. The monoisotopic (exact) mass is 433 g/mol. The Bertz CT molecular complexity index is 899. The predicted octanol–water partition coefficient (Wildman–Crippen LogP) is 1.89. The number of amides is 2. The number of sulfone groups is 1. The number of carbonyl (C=O) groups excluding carboxylic acids is 2. The molecule has 2 amide bonds. The fourth-order valence-electron chi connectivity index (χ4n) is 4.91. The van der Waals surface area contributed by atoms with Crippen LogP contribution in [0.2, 0.25) is 0 Å². The van der Waals surface area contributed by atoms with Gasteiger partial charge in [-0.2, -0.15) is 0 Å². The number of piperidine rings is 1. The standard InChI is InChI=1S/C22H31N3O4S/c1-16-3-2-9-24(12-16)13-17-4-6-19(7-5-17)23-22(27)18-11-21(26)25(14-18)20-8-10-30(28,29)15-20/h4-7,16,18,20H,2-3,8-15H2,1H3,(H,23,27)/t16-,18-,20+/m1/s1. The van der Waals surface area contributed by atoms with Crippen molar-refractivity contribution in [2.75, 3.05) is 36.5 Å². The number of rotatable bonds is 5. The molecule has 0 radical (unpaired) electrons. The molecule has 1 N–H and O–H groups in total. The molecule has 1 aromatic rings. The Kier molecular flexibility index (Phi) is 6.16. The van der Waals surface area contributed by atoms with Crippen LogP contribution in [-0.2, 0) is 26.0 Å². The zero-order chi connectivity index (χ0) is 21.3. The highest BCUT2D eigenvalue weighted by atomic mass is 32.2. The zero-order valence-corrected chi connectivity index (χ0v) is 18.4. The summed E-state index contributed by atoms with van der Waals surface area (Å²) in [5.74, 6) is 0.157. The Morgan fingerprint density at radius 3 is 2.60 bits per heavy atom. The second kappa shape index (κ2) is 8.67. The second-order valence-electron chi connectivity index (χ2n) is 9.17. The molecule has 8 heteroatoms. The minimum atomic E-state index is -3.06. The van der Waals surface area contributed by atoms with Crippen LogP contribution in [-0.4, -0.2) is 67.2 Å². The summed E-state index contributed by atoms with van der Waals surface area (Å²) in [6.07, 6.45) is 3.17. The van der Waals surface area contributed by atoms with E-state index in [0.29, 0.717) is 13.0 Å². The Morgan fingerprint density at radius 2 is 1.93 bits per heavy atom. The fraction of sp³-hybridized carbons (Fsp3) is 0.636. The van der Waals surface area contributed by atoms with E-state index in [4.69, 9.17) is 0 Å². The largest absolute Gasteiger partial charge is 0.338 e. The lowest BCUT2D eigenvalue weighted by molar-refractivity contribution is -0.129. The molecule has 164 valence electrons. The smallest absolute Gasteiger partial charge is 0.229 e. The number of hydrogen-bond acceptors (Lipinski definition) is 5. The van der Waals surface area contributed by atoms with Crippen LogP contribution in [0.5, 0.6) is 0 Å². The molecule has 3 atom stereocenters. The van der Waals surface area contributed by atoms with Crippen LogP contribution in [0.15, 0.2) is 24.3 Å². The minimum absolute atomic E-state index is 0.0182. The third kappa shape index (κ3) is 5.03. The first-order chi connectivity index (χ1) is 14.3. The van der Waals surface area contributed by atoms with Gasteiger partial charge in [0.2, 0.25) is 11.8 Å². The van der Waals surface area contributed by atoms with Crippen molar-refractivity contribution >= 4 is 27.3 Å². The number of likely N-dealkylation sites (tertiary alicyclic amines) is 2. The highest BCUT2D eigenvalue weighted by molar-refractivity contribution is 7.91. The van der Waals surface area contributed by atoms with E-state index in [9.17, 15) is 18.0 Å². The Labute approximate surface area is 178 Å². The molecule has 3 saturated heterocycles. The normalized spacial score (nSPS) is 29.3. The van der Waals surface area contributed by atoms with Crippen molar-refractivity contribution in [2.45, 2.75) is 45.2 Å². The molecule has 4 rings (SSSR count). The summed E-state index contributed by atoms with van der Waals surface area (Å²) < 4.78 is 23.4. The number of nitrogens with one attached hydrogen (secondary N) is 1. The molecule has 0 bridgehead atoms. The Hall–Kier alpha value is -1.93. The minimum Gasteiger partial charge on any atom is -0.338 e. The molecule has 0 unspecified atom stereocenters. The van der Waals surface area contributed by atoms with Crippen molar-refractivity contribution in [1.82, 2.24) is 9.80 Å². The number of anilines is 1. The van der Waals surface area contributed by atoms with E-state index in [1.54, 1.807) is 4.90 Å². The van der Waals surface area contributed by atoms with Gasteiger partial charge in [-0.3, -0.25) is 14.5 Å². The molecule has 1 aromatic carbocycles. The van der Waals surface area contributed by atoms with E-state index >= 15 is 0 Å². The summed E-state index contributed by atoms with van der Waals surface area (Å²) in [4.78, 5) is 29.1. The maximum Gasteiger partial charge on any atom is 0.229 e. The van der Waals surface area contributed by atoms with Gasteiger partial charge in [0.25, 0.3) is 0 Å². The second-order valence-corrected chi connectivity index (χ2v) is 11.4. The highest BCUT2D eigenvalue weighted by Gasteiger charge is 2.41. The van der Waals surface area contributed by atoms with Gasteiger partial charge in [-0.1, -0.05) is 19.1 Å². The van der Waals surface area contributed by atoms with Crippen LogP contribution < -0.4 is 5.32 Å². The number of benzene rings is 1.